The van der Waals surface area contributed by atoms with Crippen LogP contribution in [0.5, 0.6) is 0 Å². The number of aliphatic hydroxyl groups is 1. The zero-order chi connectivity index (χ0) is 33.2. The molecule has 0 bridgehead atoms. The van der Waals surface area contributed by atoms with Gasteiger partial charge in [0.15, 0.2) is 0 Å². The van der Waals surface area contributed by atoms with Crippen LogP contribution in [-0.2, 0) is 29.0 Å². The van der Waals surface area contributed by atoms with Gasteiger partial charge in [0.05, 0.1) is 31.0 Å². The van der Waals surface area contributed by atoms with Crippen molar-refractivity contribution in [3.8, 4) is 17.2 Å². The van der Waals surface area contributed by atoms with Gasteiger partial charge in [-0.3, -0.25) is 24.5 Å². The SMILES string of the molecule is CCOC(=O)CN1CCc2cc(/C=C/c3nccc(-c4cccc(NC(=O)c5ccc(CNCCO)cn5)c4C)c3C#N)ccc2C1. The lowest BCUT2D eigenvalue weighted by Gasteiger charge is -2.28. The molecular weight excluding hydrogens is 592 g/mol. The van der Waals surface area contributed by atoms with Crippen molar-refractivity contribution >= 4 is 29.7 Å². The predicted octanol–water partition coefficient (Wildman–Crippen LogP) is 4.75. The van der Waals surface area contributed by atoms with Crippen LogP contribution in [0.25, 0.3) is 23.3 Å². The maximum Gasteiger partial charge on any atom is 0.320 e. The van der Waals surface area contributed by atoms with E-state index in [-0.39, 0.29) is 24.2 Å². The van der Waals surface area contributed by atoms with E-state index in [0.717, 1.165) is 40.8 Å². The summed E-state index contributed by atoms with van der Waals surface area (Å²) in [7, 11) is 0. The molecule has 3 N–H and O–H groups in total. The fraction of sp³-hybridized carbons (Fsp3) is 0.270. The lowest BCUT2D eigenvalue weighted by molar-refractivity contribution is -0.144. The zero-order valence-electron chi connectivity index (χ0n) is 26.6. The van der Waals surface area contributed by atoms with Crippen molar-refractivity contribution in [2.45, 2.75) is 33.4 Å². The van der Waals surface area contributed by atoms with E-state index in [2.05, 4.69) is 43.7 Å². The number of esters is 1. The average molecular weight is 631 g/mol. The molecule has 240 valence electrons. The highest BCUT2D eigenvalue weighted by molar-refractivity contribution is 6.03. The molecule has 10 heteroatoms. The minimum atomic E-state index is -0.337. The quantitative estimate of drug-likeness (QED) is 0.149. The van der Waals surface area contributed by atoms with Crippen LogP contribution in [0.1, 0.15) is 56.5 Å². The molecule has 0 radical (unpaired) electrons. The summed E-state index contributed by atoms with van der Waals surface area (Å²) in [5.74, 6) is -0.538. The smallest absolute Gasteiger partial charge is 0.320 e. The fourth-order valence-corrected chi connectivity index (χ4v) is 5.60. The molecule has 0 fully saturated rings. The van der Waals surface area contributed by atoms with Crippen molar-refractivity contribution in [3.05, 3.63) is 112 Å². The Morgan fingerprint density at radius 1 is 1.09 bits per heavy atom. The Kier molecular flexibility index (Phi) is 11.2. The molecule has 0 aliphatic carbocycles. The first-order valence-electron chi connectivity index (χ1n) is 15.6. The minimum absolute atomic E-state index is 0.0523. The number of amides is 1. The van der Waals surface area contributed by atoms with Crippen LogP contribution in [-0.4, -0.2) is 64.7 Å². The van der Waals surface area contributed by atoms with E-state index in [1.54, 1.807) is 18.5 Å². The molecule has 10 nitrogen and oxygen atoms in total. The summed E-state index contributed by atoms with van der Waals surface area (Å²) >= 11 is 0. The second kappa shape index (κ2) is 15.9. The Labute approximate surface area is 274 Å². The van der Waals surface area contributed by atoms with Gasteiger partial charge in [-0.25, -0.2) is 0 Å². The second-order valence-electron chi connectivity index (χ2n) is 11.2. The molecule has 1 aliphatic rings. The number of carbonyl (C=O) groups is 2. The topological polar surface area (TPSA) is 140 Å². The molecule has 2 aromatic heterocycles. The number of aliphatic hydroxyl groups excluding tert-OH is 1. The number of ether oxygens (including phenoxy) is 1. The summed E-state index contributed by atoms with van der Waals surface area (Å²) in [6.07, 6.45) is 7.98. The molecular formula is C37H38N6O4. The number of anilines is 1. The number of aromatic nitrogens is 2. The average Bonchev–Trinajstić information content (AvgIpc) is 3.08. The van der Waals surface area contributed by atoms with Crippen LogP contribution < -0.4 is 10.6 Å². The van der Waals surface area contributed by atoms with Crippen molar-refractivity contribution in [2.75, 3.05) is 38.2 Å². The highest BCUT2D eigenvalue weighted by Crippen LogP contribution is 2.32. The van der Waals surface area contributed by atoms with E-state index in [1.165, 1.54) is 11.1 Å². The second-order valence-corrected chi connectivity index (χ2v) is 11.2. The van der Waals surface area contributed by atoms with Crippen LogP contribution in [0, 0.1) is 18.3 Å². The van der Waals surface area contributed by atoms with E-state index in [0.29, 0.717) is 49.7 Å². The number of carbonyl (C=O) groups excluding carboxylic acids is 2. The molecule has 0 saturated carbocycles. The standard InChI is InChI=1S/C37H38N6O4/c1-3-47-36(45)24-43-17-14-28-19-26(7-10-29(28)23-43)8-11-34-32(20-38)31(13-15-40-34)30-5-4-6-33(25(30)2)42-37(46)35-12-9-27(22-41-35)21-39-16-18-44/h4-13,15,19,22,39,44H,3,14,16-18,21,23-24H2,1-2H3,(H,42,46)/b11-8+. The van der Waals surface area contributed by atoms with E-state index < -0.39 is 0 Å². The van der Waals surface area contributed by atoms with Crippen molar-refractivity contribution in [2.24, 2.45) is 0 Å². The molecule has 47 heavy (non-hydrogen) atoms. The van der Waals surface area contributed by atoms with Crippen LogP contribution in [0.2, 0.25) is 0 Å². The molecule has 1 amide bonds. The number of hydrogen-bond acceptors (Lipinski definition) is 9. The van der Waals surface area contributed by atoms with E-state index in [9.17, 15) is 14.9 Å². The lowest BCUT2D eigenvalue weighted by atomic mass is 9.94. The summed E-state index contributed by atoms with van der Waals surface area (Å²) in [4.78, 5) is 35.9. The van der Waals surface area contributed by atoms with Gasteiger partial charge in [0, 0.05) is 49.8 Å². The Bertz CT molecular complexity index is 1810. The first kappa shape index (κ1) is 33.2. The summed E-state index contributed by atoms with van der Waals surface area (Å²) in [5.41, 5.74) is 8.59. The van der Waals surface area contributed by atoms with Gasteiger partial charge in [-0.05, 0) is 77.9 Å². The third kappa shape index (κ3) is 8.34. The fourth-order valence-electron chi connectivity index (χ4n) is 5.60. The minimum Gasteiger partial charge on any atom is -0.465 e. The Hall–Kier alpha value is -5.21. The Morgan fingerprint density at radius 3 is 2.72 bits per heavy atom. The van der Waals surface area contributed by atoms with Crippen LogP contribution in [0.3, 0.4) is 0 Å². The molecule has 4 aromatic rings. The van der Waals surface area contributed by atoms with E-state index in [4.69, 9.17) is 9.84 Å². The van der Waals surface area contributed by atoms with E-state index >= 15 is 0 Å². The monoisotopic (exact) mass is 630 g/mol. The van der Waals surface area contributed by atoms with Gasteiger partial charge in [-0.1, -0.05) is 42.5 Å². The number of nitrogens with zero attached hydrogens (tertiary/aromatic N) is 4. The normalized spacial score (nSPS) is 12.8. The molecule has 5 rings (SSSR count). The summed E-state index contributed by atoms with van der Waals surface area (Å²) in [5, 5.41) is 25.2. The van der Waals surface area contributed by atoms with Gasteiger partial charge in [-0.2, -0.15) is 5.26 Å². The molecule has 0 unspecified atom stereocenters. The summed E-state index contributed by atoms with van der Waals surface area (Å²) in [6.45, 7) is 6.96. The van der Waals surface area contributed by atoms with Crippen molar-refractivity contribution < 1.29 is 19.4 Å². The summed E-state index contributed by atoms with van der Waals surface area (Å²) < 4.78 is 5.10. The molecule has 3 heterocycles. The highest BCUT2D eigenvalue weighted by Gasteiger charge is 2.19. The maximum absolute atomic E-state index is 13.0. The molecule has 2 aromatic carbocycles. The number of nitrogens with one attached hydrogen (secondary N) is 2. The Balaban J connectivity index is 1.31. The number of hydrogen-bond donors (Lipinski definition) is 3. The van der Waals surface area contributed by atoms with E-state index in [1.807, 2.05) is 62.4 Å². The van der Waals surface area contributed by atoms with Gasteiger partial charge in [0.2, 0.25) is 0 Å². The number of rotatable bonds is 12. The first-order chi connectivity index (χ1) is 22.9. The van der Waals surface area contributed by atoms with Gasteiger partial charge in [-0.15, -0.1) is 0 Å². The highest BCUT2D eigenvalue weighted by atomic mass is 16.5. The molecule has 1 aliphatic heterocycles. The van der Waals surface area contributed by atoms with Gasteiger partial charge >= 0.3 is 5.97 Å². The molecule has 0 saturated heterocycles. The lowest BCUT2D eigenvalue weighted by Crippen LogP contribution is -2.35. The van der Waals surface area contributed by atoms with Crippen LogP contribution in [0.4, 0.5) is 5.69 Å². The van der Waals surface area contributed by atoms with Crippen molar-refractivity contribution in [3.63, 3.8) is 0 Å². The first-order valence-corrected chi connectivity index (χ1v) is 15.6. The predicted molar refractivity (Wildman–Crippen MR) is 181 cm³/mol. The van der Waals surface area contributed by atoms with Gasteiger partial charge < -0.3 is 20.5 Å². The molecule has 0 atom stereocenters. The van der Waals surface area contributed by atoms with Gasteiger partial charge in [0.25, 0.3) is 5.91 Å². The summed E-state index contributed by atoms with van der Waals surface area (Å²) in [6, 6.07) is 19.5. The van der Waals surface area contributed by atoms with Crippen LogP contribution in [0.15, 0.2) is 67.0 Å². The van der Waals surface area contributed by atoms with Crippen LogP contribution >= 0.6 is 0 Å². The Morgan fingerprint density at radius 2 is 1.96 bits per heavy atom. The number of fused-ring (bicyclic) bond motifs is 1. The zero-order valence-corrected chi connectivity index (χ0v) is 26.6. The number of nitriles is 1. The maximum atomic E-state index is 13.0. The molecule has 0 spiro atoms. The largest absolute Gasteiger partial charge is 0.465 e. The number of benzene rings is 2. The van der Waals surface area contributed by atoms with Crippen molar-refractivity contribution in [1.82, 2.24) is 20.2 Å². The van der Waals surface area contributed by atoms with Crippen molar-refractivity contribution in [1.29, 1.82) is 5.26 Å². The van der Waals surface area contributed by atoms with Gasteiger partial charge in [0.1, 0.15) is 11.8 Å². The third-order valence-electron chi connectivity index (χ3n) is 8.05. The number of pyridine rings is 2. The third-order valence-corrected chi connectivity index (χ3v) is 8.05.